The lowest BCUT2D eigenvalue weighted by atomic mass is 10.1. The maximum absolute atomic E-state index is 4.29. The Morgan fingerprint density at radius 1 is 1.29 bits per heavy atom. The maximum Gasteiger partial charge on any atom is 0.0994 e. The number of aromatic nitrogens is 2. The first kappa shape index (κ1) is 10.5. The molecule has 1 aliphatic heterocycles. The van der Waals surface area contributed by atoms with Gasteiger partial charge in [0.2, 0.25) is 0 Å². The minimum atomic E-state index is 0.457. The van der Waals surface area contributed by atoms with Crippen molar-refractivity contribution in [1.29, 1.82) is 0 Å². The molecule has 1 fully saturated rings. The van der Waals surface area contributed by atoms with Gasteiger partial charge in [-0.05, 0) is 38.4 Å². The highest BCUT2D eigenvalue weighted by atomic mass is 15.1. The zero-order chi connectivity index (χ0) is 11.7. The van der Waals surface area contributed by atoms with Gasteiger partial charge in [-0.25, -0.2) is 4.98 Å². The lowest BCUT2D eigenvalue weighted by Gasteiger charge is -2.14. The Bertz CT molecular complexity index is 492. The van der Waals surface area contributed by atoms with Crippen molar-refractivity contribution in [2.24, 2.45) is 0 Å². The molecule has 1 aromatic carbocycles. The SMILES string of the molecule is Cc1ccc(-n2cncc2[C@@H]2CCCN2)cc1. The molecule has 3 heteroatoms. The van der Waals surface area contributed by atoms with Gasteiger partial charge in [0.25, 0.3) is 0 Å². The summed E-state index contributed by atoms with van der Waals surface area (Å²) in [5.74, 6) is 0. The zero-order valence-electron chi connectivity index (χ0n) is 10.1. The van der Waals surface area contributed by atoms with E-state index in [2.05, 4.69) is 46.1 Å². The molecule has 2 heterocycles. The molecule has 0 saturated carbocycles. The Morgan fingerprint density at radius 2 is 2.12 bits per heavy atom. The van der Waals surface area contributed by atoms with Crippen molar-refractivity contribution < 1.29 is 0 Å². The van der Waals surface area contributed by atoms with Gasteiger partial charge in [-0.1, -0.05) is 17.7 Å². The van der Waals surface area contributed by atoms with E-state index < -0.39 is 0 Å². The molecule has 3 nitrogen and oxygen atoms in total. The quantitative estimate of drug-likeness (QED) is 0.854. The van der Waals surface area contributed by atoms with Gasteiger partial charge in [0.1, 0.15) is 0 Å². The molecule has 17 heavy (non-hydrogen) atoms. The van der Waals surface area contributed by atoms with Gasteiger partial charge in [0, 0.05) is 11.7 Å². The van der Waals surface area contributed by atoms with Crippen LogP contribution in [-0.2, 0) is 0 Å². The first-order valence-corrected chi connectivity index (χ1v) is 6.17. The molecule has 1 aliphatic rings. The second kappa shape index (κ2) is 4.34. The molecule has 0 spiro atoms. The van der Waals surface area contributed by atoms with Crippen LogP contribution in [0.25, 0.3) is 5.69 Å². The van der Waals surface area contributed by atoms with Crippen molar-refractivity contribution in [1.82, 2.24) is 14.9 Å². The van der Waals surface area contributed by atoms with Crippen LogP contribution in [0.2, 0.25) is 0 Å². The van der Waals surface area contributed by atoms with Gasteiger partial charge in [0.05, 0.1) is 18.2 Å². The average Bonchev–Trinajstić information content (AvgIpc) is 3.00. The Morgan fingerprint density at radius 3 is 2.82 bits per heavy atom. The third-order valence-electron chi connectivity index (χ3n) is 3.40. The van der Waals surface area contributed by atoms with Crippen LogP contribution in [-0.4, -0.2) is 16.1 Å². The van der Waals surface area contributed by atoms with Crippen LogP contribution < -0.4 is 5.32 Å². The lowest BCUT2D eigenvalue weighted by Crippen LogP contribution is -2.16. The highest BCUT2D eigenvalue weighted by molar-refractivity contribution is 5.36. The van der Waals surface area contributed by atoms with Crippen molar-refractivity contribution in [3.8, 4) is 5.69 Å². The molecule has 1 N–H and O–H groups in total. The molecule has 0 bridgehead atoms. The molecule has 0 unspecified atom stereocenters. The summed E-state index contributed by atoms with van der Waals surface area (Å²) in [5.41, 5.74) is 3.75. The lowest BCUT2D eigenvalue weighted by molar-refractivity contribution is 0.615. The largest absolute Gasteiger partial charge is 0.309 e. The van der Waals surface area contributed by atoms with Crippen LogP contribution in [0.1, 0.15) is 30.1 Å². The summed E-state index contributed by atoms with van der Waals surface area (Å²) in [6.07, 6.45) is 6.34. The molecule has 2 aromatic rings. The molecule has 1 aromatic heterocycles. The van der Waals surface area contributed by atoms with Crippen LogP contribution in [0.3, 0.4) is 0 Å². The number of rotatable bonds is 2. The van der Waals surface area contributed by atoms with Crippen LogP contribution in [0.5, 0.6) is 0 Å². The summed E-state index contributed by atoms with van der Waals surface area (Å²) in [6.45, 7) is 3.22. The van der Waals surface area contributed by atoms with Crippen LogP contribution in [0, 0.1) is 6.92 Å². The number of aryl methyl sites for hydroxylation is 1. The first-order chi connectivity index (χ1) is 8.34. The predicted molar refractivity (Wildman–Crippen MR) is 68.3 cm³/mol. The molecule has 88 valence electrons. The number of benzene rings is 1. The Hall–Kier alpha value is -1.61. The fraction of sp³-hybridized carbons (Fsp3) is 0.357. The van der Waals surface area contributed by atoms with Gasteiger partial charge in [0.15, 0.2) is 0 Å². The second-order valence-corrected chi connectivity index (χ2v) is 4.67. The second-order valence-electron chi connectivity index (χ2n) is 4.67. The number of nitrogens with zero attached hydrogens (tertiary/aromatic N) is 2. The van der Waals surface area contributed by atoms with E-state index in [9.17, 15) is 0 Å². The molecule has 3 rings (SSSR count). The molecule has 1 saturated heterocycles. The van der Waals surface area contributed by atoms with Gasteiger partial charge in [-0.15, -0.1) is 0 Å². The van der Waals surface area contributed by atoms with E-state index in [1.165, 1.54) is 29.8 Å². The Labute approximate surface area is 101 Å². The van der Waals surface area contributed by atoms with Crippen LogP contribution in [0.4, 0.5) is 0 Å². The third kappa shape index (κ3) is 1.98. The number of imidazole rings is 1. The summed E-state index contributed by atoms with van der Waals surface area (Å²) in [6, 6.07) is 9.03. The fourth-order valence-electron chi connectivity index (χ4n) is 2.42. The van der Waals surface area contributed by atoms with Gasteiger partial charge in [-0.3, -0.25) is 0 Å². The van der Waals surface area contributed by atoms with Crippen molar-refractivity contribution in [2.75, 3.05) is 6.54 Å². The molecule has 0 aliphatic carbocycles. The average molecular weight is 227 g/mol. The Balaban J connectivity index is 1.97. The van der Waals surface area contributed by atoms with Gasteiger partial charge in [-0.2, -0.15) is 0 Å². The summed E-state index contributed by atoms with van der Waals surface area (Å²) in [5, 5.41) is 3.52. The van der Waals surface area contributed by atoms with Gasteiger partial charge < -0.3 is 9.88 Å². The van der Waals surface area contributed by atoms with E-state index in [0.717, 1.165) is 6.54 Å². The monoisotopic (exact) mass is 227 g/mol. The number of hydrogen-bond donors (Lipinski definition) is 1. The summed E-state index contributed by atoms with van der Waals surface area (Å²) < 4.78 is 2.18. The van der Waals surface area contributed by atoms with Crippen molar-refractivity contribution in [3.63, 3.8) is 0 Å². The minimum absolute atomic E-state index is 0.457. The summed E-state index contributed by atoms with van der Waals surface area (Å²) in [4.78, 5) is 4.29. The first-order valence-electron chi connectivity index (χ1n) is 6.17. The predicted octanol–water partition coefficient (Wildman–Crippen LogP) is 2.61. The third-order valence-corrected chi connectivity index (χ3v) is 3.40. The van der Waals surface area contributed by atoms with Crippen molar-refractivity contribution in [2.45, 2.75) is 25.8 Å². The van der Waals surface area contributed by atoms with Crippen LogP contribution >= 0.6 is 0 Å². The minimum Gasteiger partial charge on any atom is -0.309 e. The molecular weight excluding hydrogens is 210 g/mol. The smallest absolute Gasteiger partial charge is 0.0994 e. The topological polar surface area (TPSA) is 29.9 Å². The summed E-state index contributed by atoms with van der Waals surface area (Å²) >= 11 is 0. The number of nitrogens with one attached hydrogen (secondary N) is 1. The standard InChI is InChI=1S/C14H17N3/c1-11-4-6-12(7-5-11)17-10-15-9-14(17)13-3-2-8-16-13/h4-7,9-10,13,16H,2-3,8H2,1H3/t13-/m0/s1. The zero-order valence-corrected chi connectivity index (χ0v) is 10.1. The van der Waals surface area contributed by atoms with Crippen molar-refractivity contribution in [3.05, 3.63) is 48.0 Å². The molecule has 1 atom stereocenters. The van der Waals surface area contributed by atoms with E-state index in [0.29, 0.717) is 6.04 Å². The normalized spacial score (nSPS) is 19.7. The molecule has 0 amide bonds. The van der Waals surface area contributed by atoms with Crippen molar-refractivity contribution >= 4 is 0 Å². The number of hydrogen-bond acceptors (Lipinski definition) is 2. The van der Waals surface area contributed by atoms with E-state index in [1.807, 2.05) is 12.5 Å². The van der Waals surface area contributed by atoms with E-state index in [1.54, 1.807) is 0 Å². The van der Waals surface area contributed by atoms with Crippen LogP contribution in [0.15, 0.2) is 36.8 Å². The Kier molecular flexibility index (Phi) is 2.69. The van der Waals surface area contributed by atoms with E-state index in [4.69, 9.17) is 0 Å². The molecular formula is C14H17N3. The molecule has 0 radical (unpaired) electrons. The van der Waals surface area contributed by atoms with E-state index in [-0.39, 0.29) is 0 Å². The maximum atomic E-state index is 4.29. The summed E-state index contributed by atoms with van der Waals surface area (Å²) in [7, 11) is 0. The van der Waals surface area contributed by atoms with Gasteiger partial charge >= 0.3 is 0 Å². The highest BCUT2D eigenvalue weighted by Gasteiger charge is 2.20. The fourth-order valence-corrected chi connectivity index (χ4v) is 2.42. The van der Waals surface area contributed by atoms with E-state index >= 15 is 0 Å². The highest BCUT2D eigenvalue weighted by Crippen LogP contribution is 2.25.